The van der Waals surface area contributed by atoms with E-state index in [0.29, 0.717) is 4.90 Å². The van der Waals surface area contributed by atoms with Crippen LogP contribution in [0.3, 0.4) is 0 Å². The van der Waals surface area contributed by atoms with E-state index in [-0.39, 0.29) is 27.5 Å². The second kappa shape index (κ2) is 4.68. The number of halogens is 1. The number of rotatable bonds is 1. The van der Waals surface area contributed by atoms with Crippen LogP contribution in [0.25, 0.3) is 0 Å². The maximum atomic E-state index is 12.4. The highest BCUT2D eigenvalue weighted by Gasteiger charge is 2.41. The molecule has 21 heavy (non-hydrogen) atoms. The molecule has 6 nitrogen and oxygen atoms in total. The van der Waals surface area contributed by atoms with Gasteiger partial charge >= 0.3 is 0 Å². The number of nitrogen functional groups attached to an aromatic ring is 1. The van der Waals surface area contributed by atoms with Crippen LogP contribution in [-0.2, 0) is 0 Å². The van der Waals surface area contributed by atoms with Gasteiger partial charge in [-0.25, -0.2) is 9.88 Å². The second-order valence-corrected chi connectivity index (χ2v) is 4.78. The lowest BCUT2D eigenvalue weighted by molar-refractivity contribution is 0.0566. The molecule has 1 aliphatic heterocycles. The van der Waals surface area contributed by atoms with Gasteiger partial charge in [0.05, 0.1) is 11.1 Å². The standard InChI is InChI=1S/C14H8ClN3O3/c15-10-6-7(4-5-17-10)12(19)18-13(20)8-2-1-3-9(16)11(8)14(18)21/h1-6H,16H2. The van der Waals surface area contributed by atoms with Gasteiger partial charge in [-0.2, -0.15) is 0 Å². The van der Waals surface area contributed by atoms with Gasteiger partial charge in [0.25, 0.3) is 17.7 Å². The molecule has 1 aliphatic rings. The highest BCUT2D eigenvalue weighted by molar-refractivity contribution is 6.33. The Bertz CT molecular complexity index is 804. The number of carbonyl (C=O) groups excluding carboxylic acids is 3. The fraction of sp³-hybridized carbons (Fsp3) is 0. The topological polar surface area (TPSA) is 93.4 Å². The van der Waals surface area contributed by atoms with Crippen molar-refractivity contribution in [3.8, 4) is 0 Å². The largest absolute Gasteiger partial charge is 0.398 e. The Labute approximate surface area is 124 Å². The van der Waals surface area contributed by atoms with Crippen molar-refractivity contribution in [1.82, 2.24) is 9.88 Å². The minimum Gasteiger partial charge on any atom is -0.398 e. The molecule has 0 unspecified atom stereocenters. The van der Waals surface area contributed by atoms with Gasteiger partial charge in [0.15, 0.2) is 0 Å². The summed E-state index contributed by atoms with van der Waals surface area (Å²) in [4.78, 5) is 41.2. The summed E-state index contributed by atoms with van der Waals surface area (Å²) in [5.74, 6) is -2.18. The van der Waals surface area contributed by atoms with E-state index < -0.39 is 17.7 Å². The molecule has 7 heteroatoms. The smallest absolute Gasteiger partial charge is 0.270 e. The van der Waals surface area contributed by atoms with Crippen molar-refractivity contribution in [3.05, 3.63) is 58.4 Å². The van der Waals surface area contributed by atoms with Crippen molar-refractivity contribution in [2.75, 3.05) is 5.73 Å². The molecule has 2 aromatic rings. The highest BCUT2D eigenvalue weighted by atomic mass is 35.5. The molecule has 0 radical (unpaired) electrons. The van der Waals surface area contributed by atoms with Crippen LogP contribution in [0.2, 0.25) is 5.15 Å². The molecule has 0 saturated heterocycles. The van der Waals surface area contributed by atoms with Crippen molar-refractivity contribution < 1.29 is 14.4 Å². The number of fused-ring (bicyclic) bond motifs is 1. The number of benzene rings is 1. The Kier molecular flexibility index (Phi) is 2.95. The minimum atomic E-state index is -0.759. The van der Waals surface area contributed by atoms with Crippen LogP contribution in [0.4, 0.5) is 5.69 Å². The number of nitrogens with two attached hydrogens (primary N) is 1. The molecule has 0 bridgehead atoms. The van der Waals surface area contributed by atoms with Crippen LogP contribution in [0.15, 0.2) is 36.5 Å². The van der Waals surface area contributed by atoms with Crippen LogP contribution in [0.1, 0.15) is 31.1 Å². The van der Waals surface area contributed by atoms with Crippen LogP contribution in [-0.4, -0.2) is 27.6 Å². The number of amides is 3. The fourth-order valence-corrected chi connectivity index (χ4v) is 2.33. The third kappa shape index (κ3) is 1.96. The summed E-state index contributed by atoms with van der Waals surface area (Å²) < 4.78 is 0. The lowest BCUT2D eigenvalue weighted by Crippen LogP contribution is -2.36. The lowest BCUT2D eigenvalue weighted by atomic mass is 10.1. The van der Waals surface area contributed by atoms with E-state index in [1.165, 1.54) is 30.5 Å². The normalized spacial score (nSPS) is 13.5. The number of pyridine rings is 1. The van der Waals surface area contributed by atoms with E-state index in [2.05, 4.69) is 4.98 Å². The SMILES string of the molecule is Nc1cccc2c1C(=O)N(C(=O)c1ccnc(Cl)c1)C2=O. The summed E-state index contributed by atoms with van der Waals surface area (Å²) in [5.41, 5.74) is 6.14. The van der Waals surface area contributed by atoms with Gasteiger partial charge in [0, 0.05) is 17.4 Å². The van der Waals surface area contributed by atoms with E-state index in [1.54, 1.807) is 6.07 Å². The Hall–Kier alpha value is -2.73. The first kappa shape index (κ1) is 13.3. The Morgan fingerprint density at radius 2 is 1.95 bits per heavy atom. The molecule has 2 N–H and O–H groups in total. The number of nitrogens with zero attached hydrogens (tertiary/aromatic N) is 2. The number of hydrogen-bond acceptors (Lipinski definition) is 5. The number of aromatic nitrogens is 1. The highest BCUT2D eigenvalue weighted by Crippen LogP contribution is 2.28. The first-order valence-electron chi connectivity index (χ1n) is 5.94. The van der Waals surface area contributed by atoms with E-state index in [0.717, 1.165) is 0 Å². The zero-order valence-corrected chi connectivity index (χ0v) is 11.3. The third-order valence-electron chi connectivity index (χ3n) is 3.12. The fourth-order valence-electron chi connectivity index (χ4n) is 2.16. The molecule has 1 aromatic heterocycles. The number of imide groups is 3. The average molecular weight is 302 g/mol. The summed E-state index contributed by atoms with van der Waals surface area (Å²) >= 11 is 5.71. The summed E-state index contributed by atoms with van der Waals surface area (Å²) in [6.07, 6.45) is 1.32. The maximum absolute atomic E-state index is 12.4. The lowest BCUT2D eigenvalue weighted by Gasteiger charge is -2.11. The zero-order valence-electron chi connectivity index (χ0n) is 10.5. The Morgan fingerprint density at radius 3 is 2.62 bits per heavy atom. The first-order valence-corrected chi connectivity index (χ1v) is 6.31. The first-order chi connectivity index (χ1) is 10.0. The molecular weight excluding hydrogens is 294 g/mol. The van der Waals surface area contributed by atoms with Crippen molar-refractivity contribution in [1.29, 1.82) is 0 Å². The van der Waals surface area contributed by atoms with Gasteiger partial charge in [0.2, 0.25) is 0 Å². The van der Waals surface area contributed by atoms with Crippen molar-refractivity contribution in [2.45, 2.75) is 0 Å². The van der Waals surface area contributed by atoms with E-state index in [4.69, 9.17) is 17.3 Å². The monoisotopic (exact) mass is 301 g/mol. The maximum Gasteiger partial charge on any atom is 0.270 e. The molecule has 3 rings (SSSR count). The summed E-state index contributed by atoms with van der Waals surface area (Å²) in [6, 6.07) is 7.18. The van der Waals surface area contributed by atoms with Gasteiger partial charge < -0.3 is 5.73 Å². The van der Waals surface area contributed by atoms with Gasteiger partial charge in [-0.05, 0) is 24.3 Å². The molecular formula is C14H8ClN3O3. The van der Waals surface area contributed by atoms with Crippen LogP contribution in [0, 0.1) is 0 Å². The third-order valence-corrected chi connectivity index (χ3v) is 3.33. The van der Waals surface area contributed by atoms with Gasteiger partial charge in [0.1, 0.15) is 5.15 Å². The Balaban J connectivity index is 2.06. The number of carbonyl (C=O) groups is 3. The van der Waals surface area contributed by atoms with E-state index >= 15 is 0 Å². The molecule has 2 heterocycles. The molecule has 0 aliphatic carbocycles. The zero-order chi connectivity index (χ0) is 15.1. The van der Waals surface area contributed by atoms with E-state index in [9.17, 15) is 14.4 Å². The predicted molar refractivity (Wildman–Crippen MR) is 74.9 cm³/mol. The Morgan fingerprint density at radius 1 is 1.19 bits per heavy atom. The summed E-state index contributed by atoms with van der Waals surface area (Å²) in [7, 11) is 0. The summed E-state index contributed by atoms with van der Waals surface area (Å²) in [6.45, 7) is 0. The van der Waals surface area contributed by atoms with Crippen molar-refractivity contribution >= 4 is 35.0 Å². The molecule has 1 aromatic carbocycles. The van der Waals surface area contributed by atoms with Gasteiger partial charge in [-0.1, -0.05) is 17.7 Å². The van der Waals surface area contributed by atoms with Crippen LogP contribution >= 0.6 is 11.6 Å². The van der Waals surface area contributed by atoms with Crippen LogP contribution < -0.4 is 5.73 Å². The summed E-state index contributed by atoms with van der Waals surface area (Å²) in [5, 5.41) is 0.0944. The van der Waals surface area contributed by atoms with Crippen LogP contribution in [0.5, 0.6) is 0 Å². The molecule has 0 saturated carbocycles. The molecule has 104 valence electrons. The van der Waals surface area contributed by atoms with Crippen molar-refractivity contribution in [2.24, 2.45) is 0 Å². The van der Waals surface area contributed by atoms with Gasteiger partial charge in [-0.3, -0.25) is 14.4 Å². The van der Waals surface area contributed by atoms with Gasteiger partial charge in [-0.15, -0.1) is 0 Å². The number of anilines is 1. The molecule has 3 amide bonds. The predicted octanol–water partition coefficient (Wildman–Crippen LogP) is 1.75. The van der Waals surface area contributed by atoms with E-state index in [1.807, 2.05) is 0 Å². The second-order valence-electron chi connectivity index (χ2n) is 4.39. The molecule has 0 fully saturated rings. The molecule has 0 atom stereocenters. The number of hydrogen-bond donors (Lipinski definition) is 1. The van der Waals surface area contributed by atoms with Crippen molar-refractivity contribution in [3.63, 3.8) is 0 Å². The molecule has 0 spiro atoms. The quantitative estimate of drug-likeness (QED) is 0.492. The average Bonchev–Trinajstić information content (AvgIpc) is 2.71. The minimum absolute atomic E-state index is 0.0519.